The number of pyridine rings is 1. The minimum absolute atomic E-state index is 0.136. The Morgan fingerprint density at radius 1 is 1.41 bits per heavy atom. The van der Waals surface area contributed by atoms with E-state index in [1.807, 2.05) is 6.92 Å². The number of aromatic nitrogens is 1. The standard InChI is InChI=1S/C15H15ClN2O3S/c1-2-21-13-7-6-11(9-12(13)16)17-14(19)10-22-15-5-3-4-8-18(15)20/h3-9H,2,10H2,1H3,(H,17,19). The van der Waals surface area contributed by atoms with Crippen LogP contribution >= 0.6 is 23.4 Å². The molecular weight excluding hydrogens is 324 g/mol. The van der Waals surface area contributed by atoms with E-state index in [4.69, 9.17) is 16.3 Å². The Morgan fingerprint density at radius 3 is 2.91 bits per heavy atom. The Labute approximate surface area is 137 Å². The molecule has 0 radical (unpaired) electrons. The van der Waals surface area contributed by atoms with Gasteiger partial charge in [0.1, 0.15) is 5.75 Å². The zero-order valence-electron chi connectivity index (χ0n) is 11.9. The predicted octanol–water partition coefficient (Wildman–Crippen LogP) is 3.10. The van der Waals surface area contributed by atoms with Gasteiger partial charge in [-0.05, 0) is 43.0 Å². The van der Waals surface area contributed by atoms with Crippen LogP contribution in [0.4, 0.5) is 5.69 Å². The fourth-order valence-corrected chi connectivity index (χ4v) is 2.66. The third-order valence-corrected chi connectivity index (χ3v) is 3.97. The zero-order valence-corrected chi connectivity index (χ0v) is 13.5. The Balaban J connectivity index is 1.92. The molecule has 1 amide bonds. The summed E-state index contributed by atoms with van der Waals surface area (Å²) >= 11 is 7.23. The lowest BCUT2D eigenvalue weighted by Crippen LogP contribution is -2.28. The highest BCUT2D eigenvalue weighted by Crippen LogP contribution is 2.27. The number of nitrogens with one attached hydrogen (secondary N) is 1. The number of hydrogen-bond acceptors (Lipinski definition) is 4. The molecule has 0 fully saturated rings. The highest BCUT2D eigenvalue weighted by molar-refractivity contribution is 7.99. The lowest BCUT2D eigenvalue weighted by Gasteiger charge is -2.09. The number of thioether (sulfide) groups is 1. The van der Waals surface area contributed by atoms with Crippen molar-refractivity contribution in [1.29, 1.82) is 0 Å². The van der Waals surface area contributed by atoms with Crippen molar-refractivity contribution in [3.8, 4) is 5.75 Å². The second kappa shape index (κ2) is 7.91. The van der Waals surface area contributed by atoms with Crippen LogP contribution in [0, 0.1) is 5.21 Å². The third kappa shape index (κ3) is 4.54. The summed E-state index contributed by atoms with van der Waals surface area (Å²) in [6.07, 6.45) is 1.40. The van der Waals surface area contributed by atoms with Gasteiger partial charge in [-0.1, -0.05) is 11.6 Å². The number of anilines is 1. The molecule has 0 saturated carbocycles. The first-order valence-corrected chi connectivity index (χ1v) is 7.99. The summed E-state index contributed by atoms with van der Waals surface area (Å²) in [5.74, 6) is 0.499. The van der Waals surface area contributed by atoms with Gasteiger partial charge in [0, 0.05) is 17.8 Å². The van der Waals surface area contributed by atoms with Gasteiger partial charge < -0.3 is 15.3 Å². The van der Waals surface area contributed by atoms with Crippen LogP contribution < -0.4 is 14.8 Å². The third-order valence-electron chi connectivity index (χ3n) is 2.66. The van der Waals surface area contributed by atoms with Crippen molar-refractivity contribution in [2.45, 2.75) is 11.9 Å². The lowest BCUT2D eigenvalue weighted by atomic mass is 10.3. The second-order valence-electron chi connectivity index (χ2n) is 4.28. The molecule has 0 spiro atoms. The fraction of sp³-hybridized carbons (Fsp3) is 0.200. The predicted molar refractivity (Wildman–Crippen MR) is 87.4 cm³/mol. The van der Waals surface area contributed by atoms with Crippen LogP contribution in [0.15, 0.2) is 47.6 Å². The molecule has 0 saturated heterocycles. The monoisotopic (exact) mass is 338 g/mol. The molecule has 7 heteroatoms. The Bertz CT molecular complexity index is 667. The van der Waals surface area contributed by atoms with Crippen molar-refractivity contribution in [3.05, 3.63) is 52.8 Å². The normalized spacial score (nSPS) is 10.3. The highest BCUT2D eigenvalue weighted by atomic mass is 35.5. The number of hydrogen-bond donors (Lipinski definition) is 1. The van der Waals surface area contributed by atoms with Crippen LogP contribution in [0.1, 0.15) is 6.92 Å². The van der Waals surface area contributed by atoms with Crippen molar-refractivity contribution in [3.63, 3.8) is 0 Å². The number of amides is 1. The first-order chi connectivity index (χ1) is 10.6. The van der Waals surface area contributed by atoms with E-state index in [2.05, 4.69) is 5.32 Å². The Morgan fingerprint density at radius 2 is 2.23 bits per heavy atom. The number of nitrogens with zero attached hydrogens (tertiary/aromatic N) is 1. The van der Waals surface area contributed by atoms with Gasteiger partial charge in [-0.25, -0.2) is 0 Å². The van der Waals surface area contributed by atoms with E-state index in [-0.39, 0.29) is 11.7 Å². The van der Waals surface area contributed by atoms with Crippen LogP contribution in [-0.4, -0.2) is 18.3 Å². The van der Waals surface area contributed by atoms with Gasteiger partial charge in [-0.15, -0.1) is 0 Å². The smallest absolute Gasteiger partial charge is 0.251 e. The van der Waals surface area contributed by atoms with Crippen LogP contribution in [0.3, 0.4) is 0 Å². The minimum Gasteiger partial charge on any atom is -0.618 e. The van der Waals surface area contributed by atoms with Gasteiger partial charge in [-0.3, -0.25) is 4.79 Å². The number of halogens is 1. The molecule has 1 aromatic heterocycles. The van der Waals surface area contributed by atoms with Gasteiger partial charge in [-0.2, -0.15) is 4.73 Å². The van der Waals surface area contributed by atoms with Gasteiger partial charge in [0.05, 0.1) is 17.4 Å². The second-order valence-corrected chi connectivity index (χ2v) is 5.68. The van der Waals surface area contributed by atoms with E-state index >= 15 is 0 Å². The molecule has 0 aliphatic rings. The van der Waals surface area contributed by atoms with Crippen LogP contribution in [-0.2, 0) is 4.79 Å². The Kier molecular flexibility index (Phi) is 5.91. The maximum Gasteiger partial charge on any atom is 0.251 e. The van der Waals surface area contributed by atoms with Gasteiger partial charge in [0.2, 0.25) is 5.91 Å². The number of rotatable bonds is 6. The molecule has 2 rings (SSSR count). The molecule has 0 unspecified atom stereocenters. The van der Waals surface area contributed by atoms with Crippen molar-refractivity contribution in [1.82, 2.24) is 0 Å². The maximum absolute atomic E-state index is 11.9. The first kappa shape index (κ1) is 16.5. The van der Waals surface area contributed by atoms with Crippen LogP contribution in [0.2, 0.25) is 5.02 Å². The Hall–Kier alpha value is -1.92. The topological polar surface area (TPSA) is 65.3 Å². The molecule has 116 valence electrons. The van der Waals surface area contributed by atoms with Crippen LogP contribution in [0.25, 0.3) is 0 Å². The summed E-state index contributed by atoms with van der Waals surface area (Å²) in [6, 6.07) is 10.1. The summed E-state index contributed by atoms with van der Waals surface area (Å²) in [7, 11) is 0. The summed E-state index contributed by atoms with van der Waals surface area (Å²) in [6.45, 7) is 2.39. The number of ether oxygens (including phenoxy) is 1. The van der Waals surface area contributed by atoms with Gasteiger partial charge in [0.25, 0.3) is 5.03 Å². The van der Waals surface area contributed by atoms with E-state index in [0.717, 1.165) is 4.73 Å². The molecule has 0 bridgehead atoms. The molecule has 1 aromatic carbocycles. The molecule has 0 atom stereocenters. The molecule has 5 nitrogen and oxygen atoms in total. The molecule has 1 heterocycles. The average molecular weight is 339 g/mol. The average Bonchev–Trinajstić information content (AvgIpc) is 2.49. The van der Waals surface area contributed by atoms with Crippen molar-refractivity contribution in [2.24, 2.45) is 0 Å². The largest absolute Gasteiger partial charge is 0.618 e. The number of carbonyl (C=O) groups is 1. The lowest BCUT2D eigenvalue weighted by molar-refractivity contribution is -0.645. The zero-order chi connectivity index (χ0) is 15.9. The van der Waals surface area contributed by atoms with E-state index in [1.54, 1.807) is 36.4 Å². The molecule has 22 heavy (non-hydrogen) atoms. The fourth-order valence-electron chi connectivity index (χ4n) is 1.71. The maximum atomic E-state index is 11.9. The van der Waals surface area contributed by atoms with E-state index in [9.17, 15) is 10.0 Å². The minimum atomic E-state index is -0.214. The molecule has 0 aliphatic heterocycles. The quantitative estimate of drug-likeness (QED) is 0.499. The molecule has 2 aromatic rings. The molecule has 0 aliphatic carbocycles. The van der Waals surface area contributed by atoms with Gasteiger partial charge >= 0.3 is 0 Å². The number of carbonyl (C=O) groups excluding carboxylic acids is 1. The van der Waals surface area contributed by atoms with Crippen molar-refractivity contribution < 1.29 is 14.3 Å². The van der Waals surface area contributed by atoms with Crippen LogP contribution in [0.5, 0.6) is 5.75 Å². The van der Waals surface area contributed by atoms with Crippen molar-refractivity contribution >= 4 is 35.0 Å². The van der Waals surface area contributed by atoms with Crippen molar-refractivity contribution in [2.75, 3.05) is 17.7 Å². The molecular formula is C15H15ClN2O3S. The SMILES string of the molecule is CCOc1ccc(NC(=O)CSc2cccc[n+]2[O-])cc1Cl. The molecule has 1 N–H and O–H groups in total. The number of benzene rings is 1. The highest BCUT2D eigenvalue weighted by Gasteiger charge is 2.10. The summed E-state index contributed by atoms with van der Waals surface area (Å²) in [5.41, 5.74) is 0.585. The van der Waals surface area contributed by atoms with Gasteiger partial charge in [0.15, 0.2) is 6.20 Å². The summed E-state index contributed by atoms with van der Waals surface area (Å²) in [4.78, 5) is 11.9. The van der Waals surface area contributed by atoms with E-state index in [1.165, 1.54) is 18.0 Å². The van der Waals surface area contributed by atoms with E-state index < -0.39 is 0 Å². The first-order valence-electron chi connectivity index (χ1n) is 6.63. The van der Waals surface area contributed by atoms with E-state index in [0.29, 0.717) is 28.1 Å². The summed E-state index contributed by atoms with van der Waals surface area (Å²) in [5, 5.41) is 15.1. The summed E-state index contributed by atoms with van der Waals surface area (Å²) < 4.78 is 6.06.